The van der Waals surface area contributed by atoms with Crippen molar-refractivity contribution in [2.24, 2.45) is 0 Å². The summed E-state index contributed by atoms with van der Waals surface area (Å²) in [5, 5.41) is 3.00. The van der Waals surface area contributed by atoms with Gasteiger partial charge in [0.1, 0.15) is 5.75 Å². The van der Waals surface area contributed by atoms with E-state index in [1.807, 2.05) is 54.6 Å². The van der Waals surface area contributed by atoms with E-state index in [4.69, 9.17) is 4.74 Å². The monoisotopic (exact) mass is 354 g/mol. The van der Waals surface area contributed by atoms with E-state index in [2.05, 4.69) is 5.32 Å². The highest BCUT2D eigenvalue weighted by atomic mass is 16.5. The highest BCUT2D eigenvalue weighted by Gasteiger charge is 2.19. The van der Waals surface area contributed by atoms with Gasteiger partial charge in [-0.15, -0.1) is 0 Å². The van der Waals surface area contributed by atoms with Crippen LogP contribution in [0.1, 0.15) is 30.0 Å². The number of carbonyl (C=O) groups excluding carboxylic acids is 2. The molecule has 0 saturated heterocycles. The number of hydrogen-bond acceptors (Lipinski definition) is 3. The Hall–Kier alpha value is -2.82. The zero-order valence-corrected chi connectivity index (χ0v) is 15.6. The summed E-state index contributed by atoms with van der Waals surface area (Å²) in [6, 6.07) is 16.9. The van der Waals surface area contributed by atoms with Crippen LogP contribution in [0.3, 0.4) is 0 Å². The van der Waals surface area contributed by atoms with Gasteiger partial charge in [0.15, 0.2) is 0 Å². The van der Waals surface area contributed by atoms with Gasteiger partial charge in [-0.2, -0.15) is 0 Å². The number of ether oxygens (including phenoxy) is 1. The van der Waals surface area contributed by atoms with Gasteiger partial charge in [0.05, 0.1) is 19.6 Å². The zero-order valence-electron chi connectivity index (χ0n) is 15.6. The number of nitrogens with one attached hydrogen (secondary N) is 1. The maximum Gasteiger partial charge on any atom is 0.224 e. The third kappa shape index (κ3) is 5.62. The molecule has 0 aliphatic carbocycles. The average molecular weight is 354 g/mol. The van der Waals surface area contributed by atoms with Gasteiger partial charge in [0.25, 0.3) is 0 Å². The van der Waals surface area contributed by atoms with Gasteiger partial charge in [-0.1, -0.05) is 48.5 Å². The Bertz CT molecular complexity index is 729. The Morgan fingerprint density at radius 3 is 2.35 bits per heavy atom. The van der Waals surface area contributed by atoms with E-state index in [1.54, 1.807) is 21.2 Å². The maximum absolute atomic E-state index is 12.5. The molecule has 0 bridgehead atoms. The first-order valence-electron chi connectivity index (χ1n) is 8.67. The lowest BCUT2D eigenvalue weighted by Crippen LogP contribution is -2.33. The Kier molecular flexibility index (Phi) is 7.21. The molecule has 0 aliphatic heterocycles. The van der Waals surface area contributed by atoms with Gasteiger partial charge < -0.3 is 15.0 Å². The lowest BCUT2D eigenvalue weighted by atomic mass is 10.0. The summed E-state index contributed by atoms with van der Waals surface area (Å²) in [4.78, 5) is 26.1. The number of amides is 2. The SMILES string of the molecule is COc1ccccc1CCC(=O)N[C@H](CC(=O)N(C)C)c1ccccc1. The Labute approximate surface area is 155 Å². The minimum absolute atomic E-state index is 0.0242. The van der Waals surface area contributed by atoms with E-state index in [1.165, 1.54) is 4.90 Å². The lowest BCUT2D eigenvalue weighted by molar-refractivity contribution is -0.129. The van der Waals surface area contributed by atoms with Crippen molar-refractivity contribution in [2.75, 3.05) is 21.2 Å². The molecular formula is C21H26N2O3. The van der Waals surface area contributed by atoms with Gasteiger partial charge in [0, 0.05) is 20.5 Å². The highest BCUT2D eigenvalue weighted by molar-refractivity contribution is 5.80. The van der Waals surface area contributed by atoms with E-state index in [-0.39, 0.29) is 24.3 Å². The van der Waals surface area contributed by atoms with E-state index >= 15 is 0 Å². The van der Waals surface area contributed by atoms with Crippen LogP contribution in [0.25, 0.3) is 0 Å². The molecule has 138 valence electrons. The van der Waals surface area contributed by atoms with Crippen LogP contribution in [0.2, 0.25) is 0 Å². The van der Waals surface area contributed by atoms with E-state index in [0.717, 1.165) is 16.9 Å². The fourth-order valence-electron chi connectivity index (χ4n) is 2.72. The summed E-state index contributed by atoms with van der Waals surface area (Å²) in [7, 11) is 5.05. The molecule has 5 heteroatoms. The minimum atomic E-state index is -0.337. The second-order valence-electron chi connectivity index (χ2n) is 6.33. The van der Waals surface area contributed by atoms with Crippen LogP contribution in [0.5, 0.6) is 5.75 Å². The number of methoxy groups -OCH3 is 1. The van der Waals surface area contributed by atoms with Crippen LogP contribution in [0.15, 0.2) is 54.6 Å². The molecule has 0 saturated carbocycles. The van der Waals surface area contributed by atoms with Crippen LogP contribution < -0.4 is 10.1 Å². The smallest absolute Gasteiger partial charge is 0.224 e. The van der Waals surface area contributed by atoms with E-state index in [9.17, 15) is 9.59 Å². The number of rotatable bonds is 8. The number of para-hydroxylation sites is 1. The molecule has 1 atom stereocenters. The molecule has 2 rings (SSSR count). The van der Waals surface area contributed by atoms with Crippen LogP contribution in [-0.4, -0.2) is 37.9 Å². The maximum atomic E-state index is 12.5. The van der Waals surface area contributed by atoms with Crippen molar-refractivity contribution in [1.82, 2.24) is 10.2 Å². The molecule has 0 heterocycles. The van der Waals surface area contributed by atoms with Crippen molar-refractivity contribution in [1.29, 1.82) is 0 Å². The second kappa shape index (κ2) is 9.61. The van der Waals surface area contributed by atoms with Crippen molar-refractivity contribution < 1.29 is 14.3 Å². The topological polar surface area (TPSA) is 58.6 Å². The summed E-state index contributed by atoms with van der Waals surface area (Å²) < 4.78 is 5.33. The predicted molar refractivity (Wildman–Crippen MR) is 102 cm³/mol. The Morgan fingerprint density at radius 2 is 1.69 bits per heavy atom. The number of benzene rings is 2. The molecule has 2 aromatic rings. The number of hydrogen-bond donors (Lipinski definition) is 1. The summed E-state index contributed by atoms with van der Waals surface area (Å²) in [5.74, 6) is 0.669. The number of nitrogens with zero attached hydrogens (tertiary/aromatic N) is 1. The van der Waals surface area contributed by atoms with Crippen molar-refractivity contribution in [3.63, 3.8) is 0 Å². The normalized spacial score (nSPS) is 11.5. The molecule has 0 radical (unpaired) electrons. The summed E-state index contributed by atoms with van der Waals surface area (Å²) in [6.07, 6.45) is 1.15. The standard InChI is InChI=1S/C21H26N2O3/c1-23(2)21(25)15-18(16-9-5-4-6-10-16)22-20(24)14-13-17-11-7-8-12-19(17)26-3/h4-12,18H,13-15H2,1-3H3,(H,22,24)/t18-/m1/s1. The van der Waals surface area contributed by atoms with E-state index < -0.39 is 0 Å². The van der Waals surface area contributed by atoms with Crippen molar-refractivity contribution in [3.8, 4) is 5.75 Å². The molecular weight excluding hydrogens is 328 g/mol. The predicted octanol–water partition coefficient (Wildman–Crippen LogP) is 2.96. The van der Waals surface area contributed by atoms with Crippen LogP contribution in [-0.2, 0) is 16.0 Å². The first-order valence-corrected chi connectivity index (χ1v) is 8.67. The quantitative estimate of drug-likeness (QED) is 0.793. The molecule has 0 aliphatic rings. The fraction of sp³-hybridized carbons (Fsp3) is 0.333. The molecule has 0 spiro atoms. The third-order valence-corrected chi connectivity index (χ3v) is 4.23. The van der Waals surface area contributed by atoms with E-state index in [0.29, 0.717) is 12.8 Å². The Balaban J connectivity index is 2.02. The van der Waals surface area contributed by atoms with Crippen molar-refractivity contribution in [3.05, 3.63) is 65.7 Å². The van der Waals surface area contributed by atoms with Crippen molar-refractivity contribution >= 4 is 11.8 Å². The third-order valence-electron chi connectivity index (χ3n) is 4.23. The summed E-state index contributed by atoms with van der Waals surface area (Å²) >= 11 is 0. The first-order chi connectivity index (χ1) is 12.5. The molecule has 0 fully saturated rings. The molecule has 0 aromatic heterocycles. The lowest BCUT2D eigenvalue weighted by Gasteiger charge is -2.21. The molecule has 2 aromatic carbocycles. The number of carbonyl (C=O) groups is 2. The Morgan fingerprint density at radius 1 is 1.04 bits per heavy atom. The average Bonchev–Trinajstić information content (AvgIpc) is 2.66. The minimum Gasteiger partial charge on any atom is -0.496 e. The van der Waals surface area contributed by atoms with Gasteiger partial charge >= 0.3 is 0 Å². The molecule has 26 heavy (non-hydrogen) atoms. The van der Waals surface area contributed by atoms with Crippen LogP contribution in [0, 0.1) is 0 Å². The van der Waals surface area contributed by atoms with Crippen LogP contribution in [0.4, 0.5) is 0 Å². The van der Waals surface area contributed by atoms with Crippen molar-refractivity contribution in [2.45, 2.75) is 25.3 Å². The summed E-state index contributed by atoms with van der Waals surface area (Å²) in [5.41, 5.74) is 1.92. The second-order valence-corrected chi connectivity index (χ2v) is 6.33. The fourth-order valence-corrected chi connectivity index (χ4v) is 2.72. The van der Waals surface area contributed by atoms with Gasteiger partial charge in [-0.05, 0) is 23.6 Å². The molecule has 1 N–H and O–H groups in total. The largest absolute Gasteiger partial charge is 0.496 e. The number of aryl methyl sites for hydroxylation is 1. The summed E-state index contributed by atoms with van der Waals surface area (Å²) in [6.45, 7) is 0. The molecule has 5 nitrogen and oxygen atoms in total. The highest BCUT2D eigenvalue weighted by Crippen LogP contribution is 2.20. The van der Waals surface area contributed by atoms with Crippen LogP contribution >= 0.6 is 0 Å². The first kappa shape index (κ1) is 19.5. The molecule has 0 unspecified atom stereocenters. The van der Waals surface area contributed by atoms with Gasteiger partial charge in [-0.3, -0.25) is 9.59 Å². The zero-order chi connectivity index (χ0) is 18.9. The molecule has 2 amide bonds. The van der Waals surface area contributed by atoms with Gasteiger partial charge in [0.2, 0.25) is 11.8 Å². The van der Waals surface area contributed by atoms with Gasteiger partial charge in [-0.25, -0.2) is 0 Å².